The summed E-state index contributed by atoms with van der Waals surface area (Å²) in [7, 11) is 1.52. The normalized spacial score (nSPS) is 11.2. The molecule has 3 rings (SSSR count). The highest BCUT2D eigenvalue weighted by atomic mass is 32.2. The van der Waals surface area contributed by atoms with Crippen LogP contribution in [0.5, 0.6) is 0 Å². The van der Waals surface area contributed by atoms with Crippen molar-refractivity contribution < 1.29 is 22.8 Å². The van der Waals surface area contributed by atoms with E-state index in [9.17, 15) is 22.8 Å². The zero-order chi connectivity index (χ0) is 22.4. The van der Waals surface area contributed by atoms with Gasteiger partial charge in [0.15, 0.2) is 5.16 Å². The molecular weight excluding hydrogens is 429 g/mol. The van der Waals surface area contributed by atoms with Crippen LogP contribution in [0.4, 0.5) is 18.9 Å². The van der Waals surface area contributed by atoms with Crippen LogP contribution in [0.2, 0.25) is 0 Å². The number of hydrogen-bond acceptors (Lipinski definition) is 4. The molecule has 2 amide bonds. The number of anilines is 1. The molecular formula is C21H19F3N4O2S. The number of hydrogen-bond donors (Lipinski definition) is 2. The molecule has 3 aromatic rings. The molecule has 31 heavy (non-hydrogen) atoms. The topological polar surface area (TPSA) is 76.0 Å². The van der Waals surface area contributed by atoms with Crippen LogP contribution in [0.25, 0.3) is 11.3 Å². The third-order valence-electron chi connectivity index (χ3n) is 4.22. The van der Waals surface area contributed by atoms with Crippen molar-refractivity contribution in [3.63, 3.8) is 0 Å². The average Bonchev–Trinajstić information content (AvgIpc) is 3.13. The molecule has 0 bridgehead atoms. The summed E-state index contributed by atoms with van der Waals surface area (Å²) < 4.78 is 40.5. The monoisotopic (exact) mass is 448 g/mol. The van der Waals surface area contributed by atoms with Gasteiger partial charge in [0, 0.05) is 18.3 Å². The maximum Gasteiger partial charge on any atom is 0.406 e. The van der Waals surface area contributed by atoms with Gasteiger partial charge in [0.1, 0.15) is 6.54 Å². The van der Waals surface area contributed by atoms with E-state index in [4.69, 9.17) is 0 Å². The number of benzene rings is 2. The van der Waals surface area contributed by atoms with E-state index >= 15 is 0 Å². The molecule has 0 fully saturated rings. The summed E-state index contributed by atoms with van der Waals surface area (Å²) >= 11 is 0.918. The SMILES string of the molecule is CNC(=O)c1ccc(NC(=O)CSc2ncc(-c3ccccc3)n2CC(F)(F)F)cc1. The number of carbonyl (C=O) groups excluding carboxylic acids is 2. The molecule has 0 aliphatic heterocycles. The Morgan fingerprint density at radius 3 is 2.35 bits per heavy atom. The van der Waals surface area contributed by atoms with Crippen LogP contribution in [0.3, 0.4) is 0 Å². The van der Waals surface area contributed by atoms with Crippen molar-refractivity contribution in [1.82, 2.24) is 14.9 Å². The standard InChI is InChI=1S/C21H19F3N4O2S/c1-25-19(30)15-7-9-16(10-8-15)27-18(29)12-31-20-26-11-17(14-5-3-2-4-6-14)28(20)13-21(22,23)24/h2-11H,12-13H2,1H3,(H,25,30)(H,27,29). The van der Waals surface area contributed by atoms with Gasteiger partial charge in [-0.05, 0) is 29.8 Å². The fourth-order valence-electron chi connectivity index (χ4n) is 2.82. The first-order valence-electron chi connectivity index (χ1n) is 9.19. The Labute approximate surface area is 180 Å². The van der Waals surface area contributed by atoms with Crippen molar-refractivity contribution >= 4 is 29.3 Å². The second-order valence-electron chi connectivity index (χ2n) is 6.49. The summed E-state index contributed by atoms with van der Waals surface area (Å²) in [6, 6.07) is 14.9. The van der Waals surface area contributed by atoms with Crippen LogP contribution in [0, 0.1) is 0 Å². The van der Waals surface area contributed by atoms with Crippen molar-refractivity contribution in [1.29, 1.82) is 0 Å². The first-order valence-corrected chi connectivity index (χ1v) is 10.2. The molecule has 0 saturated heterocycles. The molecule has 0 spiro atoms. The molecule has 1 heterocycles. The Morgan fingerprint density at radius 1 is 1.06 bits per heavy atom. The van der Waals surface area contributed by atoms with Crippen molar-refractivity contribution in [2.75, 3.05) is 18.1 Å². The van der Waals surface area contributed by atoms with Gasteiger partial charge in [-0.3, -0.25) is 9.59 Å². The zero-order valence-corrected chi connectivity index (χ0v) is 17.3. The van der Waals surface area contributed by atoms with E-state index in [1.807, 2.05) is 0 Å². The van der Waals surface area contributed by atoms with Crippen molar-refractivity contribution in [3.8, 4) is 11.3 Å². The van der Waals surface area contributed by atoms with Gasteiger partial charge in [-0.15, -0.1) is 0 Å². The minimum Gasteiger partial charge on any atom is -0.355 e. The number of amides is 2. The first-order chi connectivity index (χ1) is 14.8. The maximum absolute atomic E-state index is 13.1. The third-order valence-corrected chi connectivity index (χ3v) is 5.21. The summed E-state index contributed by atoms with van der Waals surface area (Å²) in [6.07, 6.45) is -3.06. The molecule has 0 atom stereocenters. The second-order valence-corrected chi connectivity index (χ2v) is 7.43. The molecule has 2 N–H and O–H groups in total. The number of imidazole rings is 1. The lowest BCUT2D eigenvalue weighted by molar-refractivity contribution is -0.141. The predicted octanol–water partition coefficient (Wildman–Crippen LogP) is 4.20. The predicted molar refractivity (Wildman–Crippen MR) is 113 cm³/mol. The molecule has 6 nitrogen and oxygen atoms in total. The van der Waals surface area contributed by atoms with Gasteiger partial charge in [-0.2, -0.15) is 13.2 Å². The smallest absolute Gasteiger partial charge is 0.355 e. The average molecular weight is 448 g/mol. The highest BCUT2D eigenvalue weighted by Gasteiger charge is 2.31. The summed E-state index contributed by atoms with van der Waals surface area (Å²) in [5, 5.41) is 5.25. The molecule has 1 aromatic heterocycles. The number of nitrogens with one attached hydrogen (secondary N) is 2. The number of halogens is 3. The summed E-state index contributed by atoms with van der Waals surface area (Å²) in [5.41, 5.74) is 1.84. The van der Waals surface area contributed by atoms with E-state index in [0.29, 0.717) is 22.5 Å². The van der Waals surface area contributed by atoms with E-state index in [-0.39, 0.29) is 16.8 Å². The van der Waals surface area contributed by atoms with Crippen LogP contribution in [-0.2, 0) is 11.3 Å². The van der Waals surface area contributed by atoms with E-state index in [2.05, 4.69) is 15.6 Å². The minimum absolute atomic E-state index is 0.0984. The van der Waals surface area contributed by atoms with Crippen LogP contribution < -0.4 is 10.6 Å². The van der Waals surface area contributed by atoms with Gasteiger partial charge >= 0.3 is 6.18 Å². The number of alkyl halides is 3. The molecule has 162 valence electrons. The highest BCUT2D eigenvalue weighted by molar-refractivity contribution is 7.99. The lowest BCUT2D eigenvalue weighted by atomic mass is 10.2. The van der Waals surface area contributed by atoms with Crippen LogP contribution in [-0.4, -0.2) is 40.3 Å². The van der Waals surface area contributed by atoms with Crippen molar-refractivity contribution in [2.24, 2.45) is 0 Å². The Morgan fingerprint density at radius 2 is 1.74 bits per heavy atom. The number of nitrogens with zero attached hydrogens (tertiary/aromatic N) is 2. The number of aromatic nitrogens is 2. The van der Waals surface area contributed by atoms with Crippen LogP contribution >= 0.6 is 11.8 Å². The third kappa shape index (κ3) is 6.11. The largest absolute Gasteiger partial charge is 0.406 e. The summed E-state index contributed by atoms with van der Waals surface area (Å²) in [6.45, 7) is -1.21. The lowest BCUT2D eigenvalue weighted by Gasteiger charge is -2.14. The Hall–Kier alpha value is -3.27. The lowest BCUT2D eigenvalue weighted by Crippen LogP contribution is -2.20. The van der Waals surface area contributed by atoms with Gasteiger partial charge in [0.2, 0.25) is 5.91 Å². The van der Waals surface area contributed by atoms with Gasteiger partial charge in [0.25, 0.3) is 5.91 Å². The number of rotatable bonds is 7. The fraction of sp³-hybridized carbons (Fsp3) is 0.190. The molecule has 0 unspecified atom stereocenters. The molecule has 0 aliphatic rings. The Kier molecular flexibility index (Phi) is 7.01. The van der Waals surface area contributed by atoms with Gasteiger partial charge in [-0.1, -0.05) is 42.1 Å². The molecule has 10 heteroatoms. The summed E-state index contributed by atoms with van der Waals surface area (Å²) in [5.74, 6) is -0.778. The summed E-state index contributed by atoms with van der Waals surface area (Å²) in [4.78, 5) is 27.9. The van der Waals surface area contributed by atoms with Gasteiger partial charge in [-0.25, -0.2) is 4.98 Å². The van der Waals surface area contributed by atoms with Crippen molar-refractivity contribution in [2.45, 2.75) is 17.9 Å². The van der Waals surface area contributed by atoms with Crippen LogP contribution in [0.1, 0.15) is 10.4 Å². The Balaban J connectivity index is 1.70. The molecule has 2 aromatic carbocycles. The molecule has 0 saturated carbocycles. The first kappa shape index (κ1) is 22.4. The van der Waals surface area contributed by atoms with E-state index in [1.165, 1.54) is 13.2 Å². The van der Waals surface area contributed by atoms with Gasteiger partial charge < -0.3 is 15.2 Å². The number of carbonyl (C=O) groups is 2. The molecule has 0 aliphatic carbocycles. The fourth-order valence-corrected chi connectivity index (χ4v) is 3.60. The van der Waals surface area contributed by atoms with Gasteiger partial charge in [0.05, 0.1) is 17.6 Å². The van der Waals surface area contributed by atoms with E-state index in [0.717, 1.165) is 16.3 Å². The second kappa shape index (κ2) is 9.69. The zero-order valence-electron chi connectivity index (χ0n) is 16.4. The quantitative estimate of drug-likeness (QED) is 0.531. The van der Waals surface area contributed by atoms with E-state index < -0.39 is 18.6 Å². The van der Waals surface area contributed by atoms with E-state index in [1.54, 1.807) is 54.6 Å². The maximum atomic E-state index is 13.1. The number of thioether (sulfide) groups is 1. The molecule has 0 radical (unpaired) electrons. The van der Waals surface area contributed by atoms with Crippen molar-refractivity contribution in [3.05, 3.63) is 66.4 Å². The minimum atomic E-state index is -4.44. The van der Waals surface area contributed by atoms with Crippen LogP contribution in [0.15, 0.2) is 66.0 Å². The Bertz CT molecular complexity index is 1050. The highest BCUT2D eigenvalue weighted by Crippen LogP contribution is 2.30.